The lowest BCUT2D eigenvalue weighted by Crippen LogP contribution is -2.36. The van der Waals surface area contributed by atoms with Gasteiger partial charge in [0.2, 0.25) is 0 Å². The Morgan fingerprint density at radius 2 is 0.948 bits per heavy atom. The van der Waals surface area contributed by atoms with Crippen molar-refractivity contribution in [3.05, 3.63) is 241 Å². The van der Waals surface area contributed by atoms with Gasteiger partial charge >= 0.3 is 0 Å². The highest BCUT2D eigenvalue weighted by Crippen LogP contribution is 2.64. The lowest BCUT2D eigenvalue weighted by atomic mass is 9.64. The molecule has 4 heteroatoms. The fraction of sp³-hybridized carbons (Fsp3) is 0.0185. The molecule has 3 heterocycles. The molecule has 0 amide bonds. The van der Waals surface area contributed by atoms with Crippen molar-refractivity contribution < 1.29 is 0 Å². The number of fused-ring (bicyclic) bond motifs is 12. The summed E-state index contributed by atoms with van der Waals surface area (Å²) in [6.45, 7) is 0. The molecule has 0 radical (unpaired) electrons. The van der Waals surface area contributed by atoms with Crippen LogP contribution in [0.3, 0.4) is 0 Å². The summed E-state index contributed by atoms with van der Waals surface area (Å²) in [5.41, 5.74) is 16.8. The van der Waals surface area contributed by atoms with Gasteiger partial charge in [-0.15, -0.1) is 0 Å². The van der Waals surface area contributed by atoms with E-state index < -0.39 is 5.41 Å². The molecule has 1 atom stereocenters. The van der Waals surface area contributed by atoms with Gasteiger partial charge in [0.15, 0.2) is 0 Å². The summed E-state index contributed by atoms with van der Waals surface area (Å²) in [7, 11) is 0. The maximum atomic E-state index is 4.89. The van der Waals surface area contributed by atoms with Gasteiger partial charge < -0.3 is 14.4 Å². The molecule has 272 valence electrons. The lowest BCUT2D eigenvalue weighted by molar-refractivity contribution is 0.747. The Bertz CT molecular complexity index is 3050. The summed E-state index contributed by atoms with van der Waals surface area (Å²) < 4.78 is 2.44. The Kier molecular flexibility index (Phi) is 7.11. The number of para-hydroxylation sites is 5. The average Bonchev–Trinajstić information content (AvgIpc) is 3.79. The minimum absolute atomic E-state index is 0.694. The molecule has 1 unspecified atom stereocenters. The monoisotopic (exact) mass is 740 g/mol. The molecule has 0 fully saturated rings. The molecule has 8 aromatic carbocycles. The molecule has 0 bridgehead atoms. The molecule has 12 rings (SSSR count). The van der Waals surface area contributed by atoms with E-state index in [1.807, 2.05) is 6.20 Å². The minimum atomic E-state index is -0.694. The van der Waals surface area contributed by atoms with Crippen molar-refractivity contribution in [1.82, 2.24) is 9.55 Å². The highest BCUT2D eigenvalue weighted by Gasteiger charge is 2.52. The van der Waals surface area contributed by atoms with Crippen LogP contribution in [0.4, 0.5) is 34.1 Å². The van der Waals surface area contributed by atoms with Gasteiger partial charge in [0.25, 0.3) is 0 Å². The van der Waals surface area contributed by atoms with Gasteiger partial charge in [-0.05, 0) is 124 Å². The molecule has 2 aliphatic rings. The zero-order valence-electron chi connectivity index (χ0n) is 31.6. The first-order chi connectivity index (χ1) is 28.8. The molecule has 0 saturated heterocycles. The molecule has 0 N–H and O–H groups in total. The minimum Gasteiger partial charge on any atom is -0.310 e. The lowest BCUT2D eigenvalue weighted by Gasteiger charge is -2.45. The predicted octanol–water partition coefficient (Wildman–Crippen LogP) is 13.8. The zero-order chi connectivity index (χ0) is 38.2. The number of aromatic nitrogens is 2. The van der Waals surface area contributed by atoms with Crippen molar-refractivity contribution in [2.75, 3.05) is 9.80 Å². The van der Waals surface area contributed by atoms with Crippen molar-refractivity contribution in [2.24, 2.45) is 0 Å². The van der Waals surface area contributed by atoms with E-state index in [1.165, 1.54) is 55.2 Å². The maximum absolute atomic E-state index is 4.89. The van der Waals surface area contributed by atoms with Gasteiger partial charge in [-0.25, -0.2) is 0 Å². The Balaban J connectivity index is 1.22. The van der Waals surface area contributed by atoms with E-state index in [9.17, 15) is 0 Å². The fourth-order valence-electron chi connectivity index (χ4n) is 9.95. The van der Waals surface area contributed by atoms with Crippen molar-refractivity contribution in [2.45, 2.75) is 5.41 Å². The standard InChI is InChI=1S/C54H36N4/c1-4-16-37(17-5-1)56(38-18-6-2-7-19-38)40-28-30-52-47(34-40)54(46-25-13-10-22-42(46)43-32-33-55-36-49(43)54)48-35-41(29-31-53(48)57(52)39-20-8-3-9-21-39)58-50-26-14-11-23-44(50)45-24-12-15-27-51(45)58/h1-36H. The fourth-order valence-corrected chi connectivity index (χ4v) is 9.95. The van der Waals surface area contributed by atoms with E-state index in [1.54, 1.807) is 0 Å². The van der Waals surface area contributed by atoms with E-state index in [-0.39, 0.29) is 0 Å². The summed E-state index contributed by atoms with van der Waals surface area (Å²) in [6.07, 6.45) is 4.06. The Labute approximate surface area is 337 Å². The van der Waals surface area contributed by atoms with Crippen LogP contribution in [0, 0.1) is 0 Å². The molecule has 1 spiro atoms. The maximum Gasteiger partial charge on any atom is 0.0770 e. The van der Waals surface area contributed by atoms with Crippen LogP contribution >= 0.6 is 0 Å². The van der Waals surface area contributed by atoms with E-state index in [2.05, 4.69) is 227 Å². The van der Waals surface area contributed by atoms with Crippen LogP contribution in [0.1, 0.15) is 22.3 Å². The third-order valence-electron chi connectivity index (χ3n) is 12.2. The molecular weight excluding hydrogens is 705 g/mol. The largest absolute Gasteiger partial charge is 0.310 e. The smallest absolute Gasteiger partial charge is 0.0770 e. The first kappa shape index (κ1) is 32.5. The SMILES string of the molecule is c1ccc(N(c2ccccc2)c2ccc3c(c2)C2(c4ccccc4-c4ccncc42)c2cc(-n4c5ccccc5c5ccccc54)ccc2N3c2ccccc2)cc1. The molecule has 10 aromatic rings. The predicted molar refractivity (Wildman–Crippen MR) is 239 cm³/mol. The third kappa shape index (κ3) is 4.54. The normalized spacial score (nSPS) is 14.9. The second-order valence-corrected chi connectivity index (χ2v) is 15.2. The van der Waals surface area contributed by atoms with Crippen molar-refractivity contribution in [3.8, 4) is 16.8 Å². The number of rotatable bonds is 5. The van der Waals surface area contributed by atoms with E-state index in [0.717, 1.165) is 39.8 Å². The van der Waals surface area contributed by atoms with Gasteiger partial charge in [0.05, 0.1) is 27.8 Å². The second-order valence-electron chi connectivity index (χ2n) is 15.2. The van der Waals surface area contributed by atoms with Crippen LogP contribution in [0.2, 0.25) is 0 Å². The number of hydrogen-bond acceptors (Lipinski definition) is 3. The van der Waals surface area contributed by atoms with E-state index >= 15 is 0 Å². The molecule has 58 heavy (non-hydrogen) atoms. The topological polar surface area (TPSA) is 24.3 Å². The highest BCUT2D eigenvalue weighted by atomic mass is 15.2. The van der Waals surface area contributed by atoms with Gasteiger partial charge in [0.1, 0.15) is 0 Å². The first-order valence-corrected chi connectivity index (χ1v) is 19.9. The second kappa shape index (κ2) is 12.7. The highest BCUT2D eigenvalue weighted by molar-refractivity contribution is 6.09. The number of anilines is 6. The van der Waals surface area contributed by atoms with Gasteiger partial charge in [-0.2, -0.15) is 0 Å². The van der Waals surface area contributed by atoms with Gasteiger partial charge in [0, 0.05) is 51.6 Å². The first-order valence-electron chi connectivity index (χ1n) is 19.9. The number of pyridine rings is 1. The molecule has 1 aliphatic heterocycles. The molecular formula is C54H36N4. The van der Waals surface area contributed by atoms with E-state index in [4.69, 9.17) is 4.98 Å². The van der Waals surface area contributed by atoms with Gasteiger partial charge in [-0.1, -0.05) is 115 Å². The van der Waals surface area contributed by atoms with Crippen molar-refractivity contribution >= 4 is 55.9 Å². The quantitative estimate of drug-likeness (QED) is 0.176. The number of benzene rings is 8. The van der Waals surface area contributed by atoms with Crippen molar-refractivity contribution in [3.63, 3.8) is 0 Å². The van der Waals surface area contributed by atoms with Crippen LogP contribution in [0.5, 0.6) is 0 Å². The zero-order valence-corrected chi connectivity index (χ0v) is 31.6. The molecule has 0 saturated carbocycles. The van der Waals surface area contributed by atoms with Crippen LogP contribution in [-0.2, 0) is 5.41 Å². The summed E-state index contributed by atoms with van der Waals surface area (Å²) in [5, 5.41) is 2.49. The number of nitrogens with zero attached hydrogens (tertiary/aromatic N) is 4. The molecule has 1 aliphatic carbocycles. The van der Waals surface area contributed by atoms with Crippen LogP contribution in [0.25, 0.3) is 38.6 Å². The van der Waals surface area contributed by atoms with E-state index in [0.29, 0.717) is 0 Å². The summed E-state index contributed by atoms with van der Waals surface area (Å²) in [4.78, 5) is 9.72. The Morgan fingerprint density at radius 1 is 0.397 bits per heavy atom. The molecule has 4 nitrogen and oxygen atoms in total. The van der Waals surface area contributed by atoms with Crippen LogP contribution in [-0.4, -0.2) is 9.55 Å². The Morgan fingerprint density at radius 3 is 1.64 bits per heavy atom. The summed E-state index contributed by atoms with van der Waals surface area (Å²) in [6, 6.07) is 75.1. The third-order valence-corrected chi connectivity index (χ3v) is 12.2. The number of hydrogen-bond donors (Lipinski definition) is 0. The van der Waals surface area contributed by atoms with Crippen molar-refractivity contribution in [1.29, 1.82) is 0 Å². The Hall–Kier alpha value is -7.69. The molecule has 2 aromatic heterocycles. The van der Waals surface area contributed by atoms with Crippen LogP contribution in [0.15, 0.2) is 219 Å². The summed E-state index contributed by atoms with van der Waals surface area (Å²) >= 11 is 0. The summed E-state index contributed by atoms with van der Waals surface area (Å²) in [5.74, 6) is 0. The average molecular weight is 741 g/mol. The van der Waals surface area contributed by atoms with Gasteiger partial charge in [-0.3, -0.25) is 4.98 Å². The van der Waals surface area contributed by atoms with Crippen LogP contribution < -0.4 is 9.80 Å².